The molecule has 7 heteroatoms. The van der Waals surface area contributed by atoms with Crippen LogP contribution in [0.1, 0.15) is 73.8 Å². The Labute approximate surface area is 225 Å². The van der Waals surface area contributed by atoms with Gasteiger partial charge < -0.3 is 9.80 Å². The van der Waals surface area contributed by atoms with Crippen LogP contribution in [0.5, 0.6) is 0 Å². The van der Waals surface area contributed by atoms with Gasteiger partial charge in [-0.3, -0.25) is 24.1 Å². The molecule has 1 aromatic heterocycles. The zero-order valence-corrected chi connectivity index (χ0v) is 23.3. The molecule has 0 saturated carbocycles. The maximum atomic E-state index is 14.1. The molecule has 2 heterocycles. The number of hydrogen-bond acceptors (Lipinski definition) is 4. The van der Waals surface area contributed by atoms with Crippen molar-refractivity contribution in [2.24, 2.45) is 5.92 Å². The third-order valence-electron chi connectivity index (χ3n) is 8.45. The number of fused-ring (bicyclic) bond motifs is 2. The van der Waals surface area contributed by atoms with E-state index >= 15 is 0 Å². The van der Waals surface area contributed by atoms with Crippen molar-refractivity contribution < 1.29 is 9.59 Å². The molecule has 200 valence electrons. The van der Waals surface area contributed by atoms with Crippen molar-refractivity contribution in [2.75, 3.05) is 18.6 Å². The molecule has 2 amide bonds. The van der Waals surface area contributed by atoms with Crippen LogP contribution < -0.4 is 10.4 Å². The van der Waals surface area contributed by atoms with E-state index < -0.39 is 6.17 Å². The summed E-state index contributed by atoms with van der Waals surface area (Å²) in [4.78, 5) is 42.9. The van der Waals surface area contributed by atoms with Crippen LogP contribution in [-0.2, 0) is 11.2 Å². The number of rotatable bonds is 4. The monoisotopic (exact) mass is 514 g/mol. The number of aromatic nitrogens is 1. The summed E-state index contributed by atoms with van der Waals surface area (Å²) in [5.74, 6) is 0.0747. The summed E-state index contributed by atoms with van der Waals surface area (Å²) in [5.41, 5.74) is 5.90. The summed E-state index contributed by atoms with van der Waals surface area (Å²) in [5, 5.41) is 2.28. The summed E-state index contributed by atoms with van der Waals surface area (Å²) in [6.07, 6.45) is 8.71. The minimum Gasteiger partial charge on any atom is -0.342 e. The lowest BCUT2D eigenvalue weighted by atomic mass is 9.81. The Morgan fingerprint density at radius 2 is 1.87 bits per heavy atom. The Hall–Kier alpha value is -3.61. The summed E-state index contributed by atoms with van der Waals surface area (Å²) in [7, 11) is 1.79. The number of carbonyl (C=O) groups excluding carboxylic acids is 2. The normalized spacial score (nSPS) is 22.7. The molecule has 3 aliphatic rings. The zero-order chi connectivity index (χ0) is 27.3. The first-order valence-corrected chi connectivity index (χ1v) is 13.6. The highest BCUT2D eigenvalue weighted by Crippen LogP contribution is 2.45. The number of allylic oxidation sites excluding steroid dienone is 3. The fraction of sp³-hybridized carbons (Fsp3) is 0.452. The van der Waals surface area contributed by atoms with E-state index in [-0.39, 0.29) is 29.3 Å². The van der Waals surface area contributed by atoms with E-state index in [1.807, 2.05) is 23.4 Å². The van der Waals surface area contributed by atoms with E-state index in [4.69, 9.17) is 0 Å². The molecule has 38 heavy (non-hydrogen) atoms. The molecule has 0 N–H and O–H groups in total. The minimum atomic E-state index is -0.436. The van der Waals surface area contributed by atoms with Crippen molar-refractivity contribution in [3.63, 3.8) is 0 Å². The van der Waals surface area contributed by atoms with Crippen LogP contribution in [0.25, 0.3) is 0 Å². The Balaban J connectivity index is 1.85. The summed E-state index contributed by atoms with van der Waals surface area (Å²) in [6.45, 7) is 9.92. The number of pyridine rings is 1. The first kappa shape index (κ1) is 26.0. The molecule has 1 aromatic carbocycles. The molecular weight excluding hydrogens is 476 g/mol. The van der Waals surface area contributed by atoms with Gasteiger partial charge in [0.15, 0.2) is 5.43 Å². The number of likely N-dealkylation sites (N-methyl/N-ethyl adjacent to an activating group) is 1. The van der Waals surface area contributed by atoms with E-state index in [2.05, 4.69) is 48.4 Å². The third-order valence-corrected chi connectivity index (χ3v) is 8.45. The number of aryl methyl sites for hydroxylation is 1. The molecule has 2 aromatic rings. The van der Waals surface area contributed by atoms with Crippen LogP contribution in [0.15, 0.2) is 64.6 Å². The highest BCUT2D eigenvalue weighted by molar-refractivity contribution is 5.95. The summed E-state index contributed by atoms with van der Waals surface area (Å²) >= 11 is 0. The van der Waals surface area contributed by atoms with Gasteiger partial charge in [0.2, 0.25) is 5.91 Å². The second-order valence-corrected chi connectivity index (χ2v) is 11.2. The lowest BCUT2D eigenvalue weighted by molar-refractivity contribution is -0.128. The highest BCUT2D eigenvalue weighted by atomic mass is 16.2. The van der Waals surface area contributed by atoms with Crippen molar-refractivity contribution >= 4 is 11.8 Å². The maximum absolute atomic E-state index is 14.1. The van der Waals surface area contributed by atoms with Crippen molar-refractivity contribution in [1.82, 2.24) is 14.5 Å². The minimum absolute atomic E-state index is 0.0573. The van der Waals surface area contributed by atoms with Gasteiger partial charge in [-0.15, -0.1) is 0 Å². The molecule has 3 atom stereocenters. The van der Waals surface area contributed by atoms with E-state index in [1.54, 1.807) is 38.1 Å². The van der Waals surface area contributed by atoms with Crippen LogP contribution in [-0.4, -0.2) is 52.1 Å². The van der Waals surface area contributed by atoms with E-state index in [9.17, 15) is 14.4 Å². The molecule has 0 bridgehead atoms. The van der Waals surface area contributed by atoms with Crippen LogP contribution in [0, 0.1) is 12.8 Å². The number of nitrogens with zero attached hydrogens (tertiary/aromatic N) is 4. The molecule has 0 saturated heterocycles. The second kappa shape index (κ2) is 9.93. The average Bonchev–Trinajstić information content (AvgIpc) is 3.04. The van der Waals surface area contributed by atoms with Crippen molar-refractivity contribution in [3.05, 3.63) is 92.4 Å². The van der Waals surface area contributed by atoms with Gasteiger partial charge in [-0.2, -0.15) is 0 Å². The van der Waals surface area contributed by atoms with Gasteiger partial charge in [-0.25, -0.2) is 0 Å². The quantitative estimate of drug-likeness (QED) is 0.609. The molecule has 3 unspecified atom stereocenters. The van der Waals surface area contributed by atoms with Gasteiger partial charge in [-0.05, 0) is 68.2 Å². The van der Waals surface area contributed by atoms with Crippen molar-refractivity contribution in [1.29, 1.82) is 0 Å². The molecule has 1 aliphatic heterocycles. The Morgan fingerprint density at radius 1 is 1.13 bits per heavy atom. The Bertz CT molecular complexity index is 1400. The first-order chi connectivity index (χ1) is 18.1. The number of hydrogen-bond donors (Lipinski definition) is 0. The molecule has 7 nitrogen and oxygen atoms in total. The molecule has 0 fully saturated rings. The zero-order valence-electron chi connectivity index (χ0n) is 23.3. The van der Waals surface area contributed by atoms with Crippen LogP contribution >= 0.6 is 0 Å². The molecule has 5 rings (SSSR count). The van der Waals surface area contributed by atoms with Crippen molar-refractivity contribution in [3.8, 4) is 0 Å². The fourth-order valence-corrected chi connectivity index (χ4v) is 6.40. The number of amides is 2. The van der Waals surface area contributed by atoms with Gasteiger partial charge >= 0.3 is 0 Å². The number of carbonyl (C=O) groups is 2. The van der Waals surface area contributed by atoms with Gasteiger partial charge in [0.1, 0.15) is 11.9 Å². The number of benzene rings is 1. The van der Waals surface area contributed by atoms with Crippen molar-refractivity contribution in [2.45, 2.75) is 72.1 Å². The predicted molar refractivity (Wildman–Crippen MR) is 150 cm³/mol. The summed E-state index contributed by atoms with van der Waals surface area (Å²) in [6, 6.07) is 9.84. The van der Waals surface area contributed by atoms with Crippen LogP contribution in [0.3, 0.4) is 0 Å². The second-order valence-electron chi connectivity index (χ2n) is 11.2. The van der Waals surface area contributed by atoms with Gasteiger partial charge in [-0.1, -0.05) is 43.3 Å². The lowest BCUT2D eigenvalue weighted by Crippen LogP contribution is -2.67. The first-order valence-electron chi connectivity index (χ1n) is 13.6. The van der Waals surface area contributed by atoms with Gasteiger partial charge in [0.25, 0.3) is 5.91 Å². The van der Waals surface area contributed by atoms with Gasteiger partial charge in [0.05, 0.1) is 12.6 Å². The lowest BCUT2D eigenvalue weighted by Gasteiger charge is -2.53. The standard InChI is InChI=1S/C31H38N4O3/c1-19(2)34-27(18-32(6)22(5)36)35(33-17-16-26(37)21(4)29(33)31(34)38)30-25-13-8-7-11-23(25)14-15-24-12-9-10-20(3)28(24)30/h7-9,11-13,16-17,19-20,27,30H,10,14-15,18H2,1-6H3. The maximum Gasteiger partial charge on any atom is 0.274 e. The largest absolute Gasteiger partial charge is 0.342 e. The van der Waals surface area contributed by atoms with E-state index in [0.29, 0.717) is 23.7 Å². The summed E-state index contributed by atoms with van der Waals surface area (Å²) < 4.78 is 1.92. The predicted octanol–water partition coefficient (Wildman–Crippen LogP) is 4.34. The smallest absolute Gasteiger partial charge is 0.274 e. The Kier molecular flexibility index (Phi) is 6.80. The van der Waals surface area contributed by atoms with Crippen LogP contribution in [0.4, 0.5) is 0 Å². The Morgan fingerprint density at radius 3 is 2.58 bits per heavy atom. The molecule has 2 aliphatic carbocycles. The molecular formula is C31H38N4O3. The average molecular weight is 515 g/mol. The van der Waals surface area contributed by atoms with Gasteiger partial charge in [0, 0.05) is 37.8 Å². The van der Waals surface area contributed by atoms with E-state index in [0.717, 1.165) is 19.3 Å². The van der Waals surface area contributed by atoms with E-state index in [1.165, 1.54) is 22.3 Å². The fourth-order valence-electron chi connectivity index (χ4n) is 6.40. The third kappa shape index (κ3) is 4.18. The highest BCUT2D eigenvalue weighted by Gasteiger charge is 2.46. The topological polar surface area (TPSA) is 65.9 Å². The SMILES string of the molecule is CC(=O)N(C)CC1N(C(C)C)C(=O)c2c(C)c(=O)ccn2N1C1C2=C(C=CCC2C)CCc2ccccc21. The van der Waals surface area contributed by atoms with Crippen LogP contribution in [0.2, 0.25) is 0 Å². The molecule has 0 radical (unpaired) electrons. The molecule has 0 spiro atoms.